The molecule has 2 heterocycles. The van der Waals surface area contributed by atoms with Gasteiger partial charge in [0.05, 0.1) is 11.0 Å². The lowest BCUT2D eigenvalue weighted by Crippen LogP contribution is -1.89. The summed E-state index contributed by atoms with van der Waals surface area (Å²) in [6, 6.07) is 61.1. The van der Waals surface area contributed by atoms with Gasteiger partial charge in [-0.1, -0.05) is 133 Å². The number of rotatable bonds is 4. The number of furan rings is 1. The van der Waals surface area contributed by atoms with E-state index in [-0.39, 0.29) is 0 Å². The molecular formula is C50H30N2O. The van der Waals surface area contributed by atoms with Gasteiger partial charge in [0.1, 0.15) is 11.2 Å². The van der Waals surface area contributed by atoms with E-state index in [9.17, 15) is 0 Å². The van der Waals surface area contributed by atoms with E-state index in [2.05, 4.69) is 158 Å². The Kier molecular flexibility index (Phi) is 6.55. The van der Waals surface area contributed by atoms with E-state index in [1.807, 2.05) is 12.1 Å². The maximum Gasteiger partial charge on any atom is 0.143 e. The van der Waals surface area contributed by atoms with Gasteiger partial charge in [-0.05, 0) is 96.9 Å². The number of hydrogen-bond acceptors (Lipinski definition) is 3. The van der Waals surface area contributed by atoms with Gasteiger partial charge in [-0.2, -0.15) is 0 Å². The smallest absolute Gasteiger partial charge is 0.143 e. The summed E-state index contributed by atoms with van der Waals surface area (Å²) in [5, 5.41) is 9.34. The van der Waals surface area contributed by atoms with Gasteiger partial charge in [0.15, 0.2) is 0 Å². The topological polar surface area (TPSA) is 38.9 Å². The van der Waals surface area contributed by atoms with Crippen LogP contribution in [0.4, 0.5) is 0 Å². The van der Waals surface area contributed by atoms with Gasteiger partial charge in [0, 0.05) is 39.5 Å². The van der Waals surface area contributed by atoms with Crippen molar-refractivity contribution >= 4 is 65.3 Å². The maximum atomic E-state index is 6.36. The summed E-state index contributed by atoms with van der Waals surface area (Å²) < 4.78 is 6.36. The van der Waals surface area contributed by atoms with Gasteiger partial charge in [-0.15, -0.1) is 0 Å². The minimum Gasteiger partial charge on any atom is -0.455 e. The third kappa shape index (κ3) is 4.82. The molecule has 0 saturated heterocycles. The van der Waals surface area contributed by atoms with Gasteiger partial charge in [0.2, 0.25) is 0 Å². The molecule has 0 aliphatic heterocycles. The second-order valence-corrected chi connectivity index (χ2v) is 13.8. The van der Waals surface area contributed by atoms with Crippen molar-refractivity contribution in [2.45, 2.75) is 0 Å². The predicted octanol–water partition coefficient (Wildman–Crippen LogP) is 13.7. The Hall–Kier alpha value is -7.10. The molecule has 9 aromatic carbocycles. The molecule has 0 aliphatic rings. The quantitative estimate of drug-likeness (QED) is 0.174. The van der Waals surface area contributed by atoms with Gasteiger partial charge < -0.3 is 4.42 Å². The van der Waals surface area contributed by atoms with Crippen molar-refractivity contribution in [3.8, 4) is 44.5 Å². The summed E-state index contributed by atoms with van der Waals surface area (Å²) >= 11 is 0. The monoisotopic (exact) mass is 674 g/mol. The van der Waals surface area contributed by atoms with Crippen molar-refractivity contribution in [2.75, 3.05) is 0 Å². The van der Waals surface area contributed by atoms with Crippen LogP contribution in [0.3, 0.4) is 0 Å². The van der Waals surface area contributed by atoms with Crippen LogP contribution in [0.25, 0.3) is 110 Å². The number of fused-ring (bicyclic) bond motifs is 10. The molecule has 3 nitrogen and oxygen atoms in total. The molecule has 0 spiro atoms. The second-order valence-electron chi connectivity index (χ2n) is 13.8. The van der Waals surface area contributed by atoms with E-state index in [4.69, 9.17) is 14.4 Å². The number of nitrogens with zero attached hydrogens (tertiary/aromatic N) is 2. The second kappa shape index (κ2) is 11.7. The van der Waals surface area contributed by atoms with Crippen molar-refractivity contribution < 1.29 is 4.42 Å². The van der Waals surface area contributed by atoms with E-state index in [1.54, 1.807) is 12.4 Å². The molecule has 0 fully saturated rings. The minimum atomic E-state index is 0.915. The van der Waals surface area contributed by atoms with Gasteiger partial charge in [-0.25, -0.2) is 0 Å². The number of aromatic nitrogens is 2. The molecule has 246 valence electrons. The fourth-order valence-corrected chi connectivity index (χ4v) is 8.13. The van der Waals surface area contributed by atoms with Crippen molar-refractivity contribution in [1.82, 2.24) is 9.97 Å². The third-order valence-electron chi connectivity index (χ3n) is 10.7. The molecule has 0 saturated carbocycles. The fraction of sp³-hybridized carbons (Fsp3) is 0. The number of para-hydroxylation sites is 2. The van der Waals surface area contributed by atoms with Crippen LogP contribution in [0.5, 0.6) is 0 Å². The highest BCUT2D eigenvalue weighted by atomic mass is 16.3. The van der Waals surface area contributed by atoms with Crippen molar-refractivity contribution in [3.63, 3.8) is 0 Å². The van der Waals surface area contributed by atoms with Crippen LogP contribution in [0.2, 0.25) is 0 Å². The number of benzene rings is 9. The molecule has 0 aliphatic carbocycles. The molecule has 11 rings (SSSR count). The highest BCUT2D eigenvalue weighted by molar-refractivity contribution is 6.23. The molecule has 0 unspecified atom stereocenters. The first-order valence-electron chi connectivity index (χ1n) is 18.0. The zero-order valence-electron chi connectivity index (χ0n) is 28.6. The van der Waals surface area contributed by atoms with Gasteiger partial charge >= 0.3 is 0 Å². The van der Waals surface area contributed by atoms with E-state index in [0.717, 1.165) is 54.9 Å². The Morgan fingerprint density at radius 1 is 0.321 bits per heavy atom. The average molecular weight is 675 g/mol. The molecule has 11 aromatic rings. The van der Waals surface area contributed by atoms with Gasteiger partial charge in [-0.3, -0.25) is 9.97 Å². The van der Waals surface area contributed by atoms with Crippen LogP contribution >= 0.6 is 0 Å². The average Bonchev–Trinajstić information content (AvgIpc) is 3.62. The normalized spacial score (nSPS) is 11.8. The van der Waals surface area contributed by atoms with Crippen molar-refractivity contribution in [1.29, 1.82) is 0 Å². The zero-order valence-corrected chi connectivity index (χ0v) is 28.6. The van der Waals surface area contributed by atoms with Crippen LogP contribution < -0.4 is 0 Å². The molecule has 0 atom stereocenters. The standard InChI is InChI=1S/C50H30N2O/c1-2-14-43-41(12-1)46-30-38(22-23-44(46)49-48(43)51-24-25-52-49)32-9-5-8-31(26-32)34-18-20-37-28-35(19-21-36(37)27-34)33-10-6-11-39(29-33)40-15-7-16-45-42-13-3-4-17-47(42)53-50(40)45/h1-30H. The van der Waals surface area contributed by atoms with E-state index < -0.39 is 0 Å². The van der Waals surface area contributed by atoms with Crippen molar-refractivity contribution in [2.24, 2.45) is 0 Å². The minimum absolute atomic E-state index is 0.915. The van der Waals surface area contributed by atoms with Crippen LogP contribution in [0, 0.1) is 0 Å². The molecule has 53 heavy (non-hydrogen) atoms. The largest absolute Gasteiger partial charge is 0.455 e. The molecule has 3 heteroatoms. The summed E-state index contributed by atoms with van der Waals surface area (Å²) in [6.45, 7) is 0. The first-order valence-corrected chi connectivity index (χ1v) is 18.0. The molecule has 0 bridgehead atoms. The molecule has 0 N–H and O–H groups in total. The fourth-order valence-electron chi connectivity index (χ4n) is 8.13. The Bertz CT molecular complexity index is 3210. The highest BCUT2D eigenvalue weighted by Gasteiger charge is 2.14. The number of hydrogen-bond donors (Lipinski definition) is 0. The summed E-state index contributed by atoms with van der Waals surface area (Å²) in [7, 11) is 0. The summed E-state index contributed by atoms with van der Waals surface area (Å²) in [5.74, 6) is 0. The molecule has 2 aromatic heterocycles. The van der Waals surface area contributed by atoms with Crippen LogP contribution in [0.15, 0.2) is 187 Å². The Labute approximate surface area is 305 Å². The van der Waals surface area contributed by atoms with Crippen LogP contribution in [-0.4, -0.2) is 9.97 Å². The lowest BCUT2D eigenvalue weighted by molar-refractivity contribution is 0.670. The summed E-state index contributed by atoms with van der Waals surface area (Å²) in [5.41, 5.74) is 13.1. The van der Waals surface area contributed by atoms with E-state index >= 15 is 0 Å². The lowest BCUT2D eigenvalue weighted by Gasteiger charge is -2.12. The summed E-state index contributed by atoms with van der Waals surface area (Å²) in [6.07, 6.45) is 3.55. The van der Waals surface area contributed by atoms with E-state index in [0.29, 0.717) is 0 Å². The highest BCUT2D eigenvalue weighted by Crippen LogP contribution is 2.39. The third-order valence-corrected chi connectivity index (χ3v) is 10.7. The molecular weight excluding hydrogens is 645 g/mol. The summed E-state index contributed by atoms with van der Waals surface area (Å²) in [4.78, 5) is 9.42. The van der Waals surface area contributed by atoms with Crippen LogP contribution in [-0.2, 0) is 0 Å². The Morgan fingerprint density at radius 3 is 1.55 bits per heavy atom. The first-order chi connectivity index (χ1) is 26.2. The Balaban J connectivity index is 0.938. The zero-order chi connectivity index (χ0) is 34.9. The van der Waals surface area contributed by atoms with Crippen molar-refractivity contribution in [3.05, 3.63) is 182 Å². The Morgan fingerprint density at radius 2 is 0.830 bits per heavy atom. The first kappa shape index (κ1) is 29.6. The lowest BCUT2D eigenvalue weighted by atomic mass is 9.93. The van der Waals surface area contributed by atoms with Crippen LogP contribution in [0.1, 0.15) is 0 Å². The molecule has 0 amide bonds. The van der Waals surface area contributed by atoms with Gasteiger partial charge in [0.25, 0.3) is 0 Å². The molecule has 0 radical (unpaired) electrons. The SMILES string of the molecule is c1cc(-c2ccc3cc(-c4cccc(-c5cccc6c5oc5ccccc56)c4)ccc3c2)cc(-c2ccc3c(c2)c2ccccc2c2nccnc32)c1. The maximum absolute atomic E-state index is 6.36. The predicted molar refractivity (Wildman–Crippen MR) is 221 cm³/mol. The van der Waals surface area contributed by atoms with E-state index in [1.165, 1.54) is 54.9 Å².